The molecule has 1 N–H and O–H groups in total. The monoisotopic (exact) mass is 396 g/mol. The lowest BCUT2D eigenvalue weighted by atomic mass is 9.87. The molecule has 8 heteroatoms. The Balaban J connectivity index is 2.30. The van der Waals surface area contributed by atoms with Crippen LogP contribution in [0.15, 0.2) is 23.1 Å². The van der Waals surface area contributed by atoms with E-state index in [0.29, 0.717) is 43.7 Å². The number of hydrogen-bond donors (Lipinski definition) is 1. The highest BCUT2D eigenvalue weighted by atomic mass is 32.2. The molecule has 7 nitrogen and oxygen atoms in total. The summed E-state index contributed by atoms with van der Waals surface area (Å²) in [6, 6.07) is 4.73. The van der Waals surface area contributed by atoms with Gasteiger partial charge in [0.05, 0.1) is 10.8 Å². The Labute approximate surface area is 161 Å². The third kappa shape index (κ3) is 4.32. The number of nitrogens with zero attached hydrogens (tertiary/aromatic N) is 2. The van der Waals surface area contributed by atoms with Gasteiger partial charge in [0.1, 0.15) is 0 Å². The predicted octanol–water partition coefficient (Wildman–Crippen LogP) is 2.21. The lowest BCUT2D eigenvalue weighted by Gasteiger charge is -2.35. The first-order valence-electron chi connectivity index (χ1n) is 9.26. The molecule has 0 radical (unpaired) electrons. The van der Waals surface area contributed by atoms with Crippen molar-refractivity contribution in [2.24, 2.45) is 11.8 Å². The van der Waals surface area contributed by atoms with E-state index >= 15 is 0 Å². The average molecular weight is 397 g/mol. The maximum atomic E-state index is 12.9. The van der Waals surface area contributed by atoms with Crippen molar-refractivity contribution in [1.82, 2.24) is 9.21 Å². The van der Waals surface area contributed by atoms with E-state index in [-0.39, 0.29) is 16.7 Å². The van der Waals surface area contributed by atoms with Gasteiger partial charge in [-0.05, 0) is 37.0 Å². The van der Waals surface area contributed by atoms with Crippen LogP contribution in [0.5, 0.6) is 0 Å². The number of amides is 1. The Hall–Kier alpha value is -1.93. The van der Waals surface area contributed by atoms with Crippen LogP contribution in [0.4, 0.5) is 0 Å². The quantitative estimate of drug-likeness (QED) is 0.795. The van der Waals surface area contributed by atoms with Crippen LogP contribution in [0.3, 0.4) is 0 Å². The molecule has 1 aromatic carbocycles. The summed E-state index contributed by atoms with van der Waals surface area (Å²) in [5, 5.41) is 9.23. The molecule has 27 heavy (non-hydrogen) atoms. The number of carboxylic acid groups (broad SMARTS) is 1. The van der Waals surface area contributed by atoms with E-state index in [2.05, 4.69) is 0 Å². The summed E-state index contributed by atoms with van der Waals surface area (Å²) in [5.74, 6) is -1.70. The lowest BCUT2D eigenvalue weighted by molar-refractivity contribution is -0.145. The number of piperidine rings is 1. The number of carbonyl (C=O) groups is 2. The van der Waals surface area contributed by atoms with Crippen molar-refractivity contribution in [1.29, 1.82) is 0 Å². The molecule has 1 heterocycles. The SMILES string of the molecule is CCN(CC)S(=O)(=O)c1cc(C(=O)N2CCC(C(=O)O)C(C)C2)ccc1C. The van der Waals surface area contributed by atoms with E-state index in [4.69, 9.17) is 0 Å². The van der Waals surface area contributed by atoms with Crippen LogP contribution in [0.1, 0.15) is 43.1 Å². The molecule has 2 unspecified atom stereocenters. The molecule has 1 fully saturated rings. The predicted molar refractivity (Wildman–Crippen MR) is 102 cm³/mol. The van der Waals surface area contributed by atoms with E-state index in [9.17, 15) is 23.1 Å². The van der Waals surface area contributed by atoms with Crippen molar-refractivity contribution in [3.8, 4) is 0 Å². The maximum Gasteiger partial charge on any atom is 0.306 e. The summed E-state index contributed by atoms with van der Waals surface area (Å²) in [6.45, 7) is 8.51. The van der Waals surface area contributed by atoms with Crippen molar-refractivity contribution in [2.45, 2.75) is 39.0 Å². The number of aliphatic carboxylic acids is 1. The third-order valence-corrected chi connectivity index (χ3v) is 7.46. The second kappa shape index (κ2) is 8.39. The Morgan fingerprint density at radius 2 is 1.89 bits per heavy atom. The van der Waals surface area contributed by atoms with Crippen LogP contribution in [-0.4, -0.2) is 60.8 Å². The molecule has 0 saturated carbocycles. The van der Waals surface area contributed by atoms with Crippen molar-refractivity contribution >= 4 is 21.9 Å². The molecule has 1 amide bonds. The van der Waals surface area contributed by atoms with Crippen molar-refractivity contribution in [2.75, 3.05) is 26.2 Å². The minimum absolute atomic E-state index is 0.144. The molecule has 150 valence electrons. The smallest absolute Gasteiger partial charge is 0.306 e. The Morgan fingerprint density at radius 3 is 2.41 bits per heavy atom. The van der Waals surface area contributed by atoms with Gasteiger partial charge in [0, 0.05) is 31.7 Å². The van der Waals surface area contributed by atoms with Gasteiger partial charge in [-0.3, -0.25) is 9.59 Å². The van der Waals surface area contributed by atoms with Gasteiger partial charge in [0.25, 0.3) is 5.91 Å². The molecule has 0 aliphatic carbocycles. The van der Waals surface area contributed by atoms with Crippen LogP contribution in [0, 0.1) is 18.8 Å². The molecule has 0 spiro atoms. The summed E-state index contributed by atoms with van der Waals surface area (Å²) in [4.78, 5) is 25.9. The molecule has 0 bridgehead atoms. The number of carboxylic acids is 1. The minimum Gasteiger partial charge on any atom is -0.481 e. The molecule has 1 saturated heterocycles. The highest BCUT2D eigenvalue weighted by molar-refractivity contribution is 7.89. The van der Waals surface area contributed by atoms with Gasteiger partial charge in [-0.1, -0.05) is 26.8 Å². The number of sulfonamides is 1. The topological polar surface area (TPSA) is 95.0 Å². The third-order valence-electron chi connectivity index (χ3n) is 5.27. The van der Waals surface area contributed by atoms with E-state index in [1.54, 1.807) is 37.8 Å². The average Bonchev–Trinajstić information content (AvgIpc) is 2.61. The van der Waals surface area contributed by atoms with Crippen molar-refractivity contribution in [3.05, 3.63) is 29.3 Å². The largest absolute Gasteiger partial charge is 0.481 e. The van der Waals surface area contributed by atoms with Crippen LogP contribution < -0.4 is 0 Å². The first kappa shape index (κ1) is 21.4. The fraction of sp³-hybridized carbons (Fsp3) is 0.579. The standard InChI is InChI=1S/C19H28N2O5S/c1-5-21(6-2)27(25,26)17-11-15(8-7-13(17)3)18(22)20-10-9-16(19(23)24)14(4)12-20/h7-8,11,14,16H,5-6,9-10,12H2,1-4H3,(H,23,24). The lowest BCUT2D eigenvalue weighted by Crippen LogP contribution is -2.45. The zero-order valence-corrected chi connectivity index (χ0v) is 17.1. The van der Waals surface area contributed by atoms with Gasteiger partial charge in [-0.15, -0.1) is 0 Å². The maximum absolute atomic E-state index is 12.9. The Bertz CT molecular complexity index is 817. The summed E-state index contributed by atoms with van der Waals surface area (Å²) < 4.78 is 27.1. The first-order valence-corrected chi connectivity index (χ1v) is 10.7. The fourth-order valence-electron chi connectivity index (χ4n) is 3.59. The van der Waals surface area contributed by atoms with E-state index in [0.717, 1.165) is 0 Å². The van der Waals surface area contributed by atoms with Crippen molar-refractivity contribution < 1.29 is 23.1 Å². The van der Waals surface area contributed by atoms with Gasteiger partial charge in [0.15, 0.2) is 0 Å². The molecular weight excluding hydrogens is 368 g/mol. The molecule has 1 aliphatic heterocycles. The number of aryl methyl sites for hydroxylation is 1. The van der Waals surface area contributed by atoms with Crippen LogP contribution >= 0.6 is 0 Å². The van der Waals surface area contributed by atoms with Gasteiger partial charge in [-0.2, -0.15) is 4.31 Å². The number of hydrogen-bond acceptors (Lipinski definition) is 4. The molecule has 1 aromatic rings. The molecular formula is C19H28N2O5S. The number of carbonyl (C=O) groups excluding carboxylic acids is 1. The fourth-order valence-corrected chi connectivity index (χ4v) is 5.30. The highest BCUT2D eigenvalue weighted by Gasteiger charge is 2.34. The Morgan fingerprint density at radius 1 is 1.26 bits per heavy atom. The zero-order chi connectivity index (χ0) is 20.4. The summed E-state index contributed by atoms with van der Waals surface area (Å²) in [6.07, 6.45) is 0.401. The van der Waals surface area contributed by atoms with Crippen LogP contribution in [-0.2, 0) is 14.8 Å². The van der Waals surface area contributed by atoms with Gasteiger partial charge in [-0.25, -0.2) is 8.42 Å². The summed E-state index contributed by atoms with van der Waals surface area (Å²) in [7, 11) is -3.66. The van der Waals surface area contributed by atoms with Crippen LogP contribution in [0.2, 0.25) is 0 Å². The van der Waals surface area contributed by atoms with E-state index in [1.165, 1.54) is 10.4 Å². The van der Waals surface area contributed by atoms with Crippen molar-refractivity contribution in [3.63, 3.8) is 0 Å². The molecule has 1 aliphatic rings. The van der Waals surface area contributed by atoms with Gasteiger partial charge < -0.3 is 10.0 Å². The molecule has 0 aromatic heterocycles. The van der Waals surface area contributed by atoms with E-state index < -0.39 is 21.9 Å². The van der Waals surface area contributed by atoms with Gasteiger partial charge in [0.2, 0.25) is 10.0 Å². The number of benzene rings is 1. The second-order valence-electron chi connectivity index (χ2n) is 7.03. The van der Waals surface area contributed by atoms with E-state index in [1.807, 2.05) is 6.92 Å². The minimum atomic E-state index is -3.66. The normalized spacial score (nSPS) is 20.7. The number of rotatable bonds is 6. The summed E-state index contributed by atoms with van der Waals surface area (Å²) in [5.41, 5.74) is 0.906. The second-order valence-corrected chi connectivity index (χ2v) is 8.94. The first-order chi connectivity index (χ1) is 12.6. The highest BCUT2D eigenvalue weighted by Crippen LogP contribution is 2.26. The van der Waals surface area contributed by atoms with Crippen LogP contribution in [0.25, 0.3) is 0 Å². The zero-order valence-electron chi connectivity index (χ0n) is 16.3. The van der Waals surface area contributed by atoms with Gasteiger partial charge >= 0.3 is 5.97 Å². The Kier molecular flexibility index (Phi) is 6.64. The molecule has 2 atom stereocenters. The summed E-state index contributed by atoms with van der Waals surface area (Å²) >= 11 is 0. The number of likely N-dealkylation sites (tertiary alicyclic amines) is 1. The molecule has 2 rings (SSSR count).